The molecule has 0 aliphatic rings. The van der Waals surface area contributed by atoms with Gasteiger partial charge < -0.3 is 0 Å². The fourth-order valence-electron chi connectivity index (χ4n) is 1.41. The lowest BCUT2D eigenvalue weighted by Crippen LogP contribution is -2.27. The Hall–Kier alpha value is -0.200. The van der Waals surface area contributed by atoms with Crippen molar-refractivity contribution in [3.63, 3.8) is 0 Å². The number of rotatable bonds is 3. The van der Waals surface area contributed by atoms with Crippen molar-refractivity contribution in [3.05, 3.63) is 42.7 Å². The molecule has 0 aliphatic carbocycles. The maximum absolute atomic E-state index is 5.60. The van der Waals surface area contributed by atoms with E-state index in [9.17, 15) is 0 Å². The van der Waals surface area contributed by atoms with Crippen LogP contribution in [-0.4, -0.2) is 0 Å². The van der Waals surface area contributed by atoms with Crippen molar-refractivity contribution in [2.45, 2.75) is 13.0 Å². The van der Waals surface area contributed by atoms with Crippen LogP contribution in [0.4, 0.5) is 0 Å². The Morgan fingerprint density at radius 2 is 2.33 bits per heavy atom. The van der Waals surface area contributed by atoms with Crippen LogP contribution in [0.15, 0.2) is 26.7 Å². The number of hydrogen-bond donors (Lipinski definition) is 2. The van der Waals surface area contributed by atoms with E-state index in [1.54, 1.807) is 22.7 Å². The van der Waals surface area contributed by atoms with E-state index in [-0.39, 0.29) is 6.04 Å². The second-order valence-corrected chi connectivity index (χ2v) is 6.44. The van der Waals surface area contributed by atoms with Gasteiger partial charge >= 0.3 is 0 Å². The first kappa shape index (κ1) is 11.3. The van der Waals surface area contributed by atoms with E-state index in [2.05, 4.69) is 51.2 Å². The molecule has 0 aromatic carbocycles. The summed E-state index contributed by atoms with van der Waals surface area (Å²) in [5, 5.41) is 4.18. The van der Waals surface area contributed by atoms with Crippen LogP contribution in [-0.2, 0) is 0 Å². The highest BCUT2D eigenvalue weighted by atomic mass is 79.9. The normalized spacial score (nSPS) is 13.0. The average molecular weight is 303 g/mol. The molecular weight excluding hydrogens is 292 g/mol. The summed E-state index contributed by atoms with van der Waals surface area (Å²) in [4.78, 5) is 1.24. The van der Waals surface area contributed by atoms with Gasteiger partial charge in [-0.25, -0.2) is 5.43 Å². The van der Waals surface area contributed by atoms with E-state index in [1.807, 2.05) is 0 Å². The standard InChI is InChI=1S/C10H11BrN2S2/c1-6-4-8(15-10(6)11)9(13-12)7-2-3-14-5-7/h2-5,9,13H,12H2,1H3. The van der Waals surface area contributed by atoms with Crippen LogP contribution in [0.25, 0.3) is 0 Å². The van der Waals surface area contributed by atoms with Gasteiger partial charge in [0.2, 0.25) is 0 Å². The number of halogens is 1. The number of hydrogen-bond acceptors (Lipinski definition) is 4. The zero-order chi connectivity index (χ0) is 10.8. The Morgan fingerprint density at radius 3 is 2.80 bits per heavy atom. The van der Waals surface area contributed by atoms with Gasteiger partial charge in [-0.05, 0) is 56.9 Å². The molecule has 0 fully saturated rings. The third kappa shape index (κ3) is 2.32. The fraction of sp³-hybridized carbons (Fsp3) is 0.200. The van der Waals surface area contributed by atoms with Crippen molar-refractivity contribution in [2.75, 3.05) is 0 Å². The number of aryl methyl sites for hydroxylation is 1. The lowest BCUT2D eigenvalue weighted by Gasteiger charge is -2.11. The minimum Gasteiger partial charge on any atom is -0.271 e. The Balaban J connectivity index is 2.35. The summed E-state index contributed by atoms with van der Waals surface area (Å²) in [5.74, 6) is 5.60. The van der Waals surface area contributed by atoms with E-state index in [0.29, 0.717) is 0 Å². The molecule has 15 heavy (non-hydrogen) atoms. The number of hydrazine groups is 1. The first-order valence-corrected chi connectivity index (χ1v) is 7.01. The topological polar surface area (TPSA) is 38.0 Å². The van der Waals surface area contributed by atoms with Crippen molar-refractivity contribution in [1.29, 1.82) is 0 Å². The van der Waals surface area contributed by atoms with E-state index >= 15 is 0 Å². The molecule has 2 aromatic heterocycles. The molecule has 5 heteroatoms. The zero-order valence-corrected chi connectivity index (χ0v) is 11.4. The Morgan fingerprint density at radius 1 is 1.53 bits per heavy atom. The van der Waals surface area contributed by atoms with Crippen molar-refractivity contribution >= 4 is 38.6 Å². The SMILES string of the molecule is Cc1cc(C(NN)c2ccsc2)sc1Br. The van der Waals surface area contributed by atoms with Gasteiger partial charge in [-0.1, -0.05) is 0 Å². The molecule has 3 N–H and O–H groups in total. The van der Waals surface area contributed by atoms with Gasteiger partial charge in [-0.3, -0.25) is 5.84 Å². The molecule has 0 aliphatic heterocycles. The number of nitrogens with one attached hydrogen (secondary N) is 1. The molecule has 1 unspecified atom stereocenters. The molecule has 1 atom stereocenters. The highest BCUT2D eigenvalue weighted by Gasteiger charge is 2.16. The van der Waals surface area contributed by atoms with Gasteiger partial charge in [0.05, 0.1) is 9.83 Å². The van der Waals surface area contributed by atoms with E-state index in [0.717, 1.165) is 0 Å². The smallest absolute Gasteiger partial charge is 0.0811 e. The van der Waals surface area contributed by atoms with Crippen molar-refractivity contribution in [1.82, 2.24) is 5.43 Å². The second kappa shape index (κ2) is 4.76. The third-order valence-electron chi connectivity index (χ3n) is 2.20. The van der Waals surface area contributed by atoms with Gasteiger partial charge in [0, 0.05) is 4.88 Å². The molecule has 0 bridgehead atoms. The Labute approximate surface area is 105 Å². The summed E-state index contributed by atoms with van der Waals surface area (Å²) >= 11 is 6.94. The fourth-order valence-corrected chi connectivity index (χ4v) is 3.75. The lowest BCUT2D eigenvalue weighted by atomic mass is 10.1. The van der Waals surface area contributed by atoms with Gasteiger partial charge in [0.25, 0.3) is 0 Å². The minimum atomic E-state index is 0.103. The summed E-state index contributed by atoms with van der Waals surface area (Å²) in [7, 11) is 0. The largest absolute Gasteiger partial charge is 0.271 e. The van der Waals surface area contributed by atoms with Crippen LogP contribution in [0, 0.1) is 6.92 Å². The number of thiophene rings is 2. The highest BCUT2D eigenvalue weighted by molar-refractivity contribution is 9.11. The predicted octanol–water partition coefficient (Wildman–Crippen LogP) is 3.43. The van der Waals surface area contributed by atoms with Crippen molar-refractivity contribution < 1.29 is 0 Å². The van der Waals surface area contributed by atoms with Crippen LogP contribution >= 0.6 is 38.6 Å². The lowest BCUT2D eigenvalue weighted by molar-refractivity contribution is 0.648. The maximum Gasteiger partial charge on any atom is 0.0811 e. The predicted molar refractivity (Wildman–Crippen MR) is 70.2 cm³/mol. The zero-order valence-electron chi connectivity index (χ0n) is 8.16. The highest BCUT2D eigenvalue weighted by Crippen LogP contribution is 2.34. The second-order valence-electron chi connectivity index (χ2n) is 3.26. The molecule has 2 rings (SSSR count). The monoisotopic (exact) mass is 302 g/mol. The molecule has 2 heterocycles. The van der Waals surface area contributed by atoms with Gasteiger partial charge in [0.1, 0.15) is 0 Å². The summed E-state index contributed by atoms with van der Waals surface area (Å²) in [6.07, 6.45) is 0. The van der Waals surface area contributed by atoms with E-state index in [1.165, 1.54) is 19.8 Å². The van der Waals surface area contributed by atoms with Crippen LogP contribution in [0.1, 0.15) is 22.0 Å². The molecule has 0 amide bonds. The first-order chi connectivity index (χ1) is 7.22. The van der Waals surface area contributed by atoms with Crippen LogP contribution in [0.5, 0.6) is 0 Å². The maximum atomic E-state index is 5.60. The van der Waals surface area contributed by atoms with Gasteiger partial charge in [-0.15, -0.1) is 11.3 Å². The first-order valence-electron chi connectivity index (χ1n) is 4.46. The Kier molecular flexibility index (Phi) is 3.58. The molecule has 80 valence electrons. The number of nitrogens with two attached hydrogens (primary N) is 1. The van der Waals surface area contributed by atoms with Crippen molar-refractivity contribution in [3.8, 4) is 0 Å². The summed E-state index contributed by atoms with van der Waals surface area (Å²) < 4.78 is 1.17. The molecule has 0 spiro atoms. The van der Waals surface area contributed by atoms with E-state index < -0.39 is 0 Å². The van der Waals surface area contributed by atoms with Gasteiger partial charge in [0.15, 0.2) is 0 Å². The average Bonchev–Trinajstić information content (AvgIpc) is 2.80. The molecular formula is C10H11BrN2S2. The molecule has 2 aromatic rings. The van der Waals surface area contributed by atoms with E-state index in [4.69, 9.17) is 5.84 Å². The van der Waals surface area contributed by atoms with Crippen molar-refractivity contribution in [2.24, 2.45) is 5.84 Å². The summed E-state index contributed by atoms with van der Waals surface area (Å²) in [6.45, 7) is 2.09. The van der Waals surface area contributed by atoms with Crippen LogP contribution in [0.2, 0.25) is 0 Å². The minimum absolute atomic E-state index is 0.103. The summed E-state index contributed by atoms with van der Waals surface area (Å²) in [6, 6.07) is 4.36. The summed E-state index contributed by atoms with van der Waals surface area (Å²) in [5.41, 5.74) is 5.33. The third-order valence-corrected chi connectivity index (χ3v) is 5.11. The molecule has 0 saturated heterocycles. The quantitative estimate of drug-likeness (QED) is 0.673. The molecule has 0 saturated carbocycles. The van der Waals surface area contributed by atoms with Crippen LogP contribution in [0.3, 0.4) is 0 Å². The molecule has 2 nitrogen and oxygen atoms in total. The molecule has 0 radical (unpaired) electrons. The van der Waals surface area contributed by atoms with Crippen LogP contribution < -0.4 is 11.3 Å². The van der Waals surface area contributed by atoms with Gasteiger partial charge in [-0.2, -0.15) is 11.3 Å². The Bertz CT molecular complexity index is 417.